The molecule has 4 heteroatoms. The number of hydrogen-bond acceptors (Lipinski definition) is 2. The van der Waals surface area contributed by atoms with Gasteiger partial charge in [0, 0.05) is 28.5 Å². The number of anilines is 1. The molecule has 0 radical (unpaired) electrons. The number of carbonyl (C=O) groups is 1. The minimum Gasteiger partial charge on any atom is -0.461 e. The topological polar surface area (TPSA) is 33.5 Å². The Morgan fingerprint density at radius 1 is 1.16 bits per heavy atom. The van der Waals surface area contributed by atoms with E-state index in [1.165, 1.54) is 5.56 Å². The summed E-state index contributed by atoms with van der Waals surface area (Å²) < 4.78 is 7.09. The van der Waals surface area contributed by atoms with Gasteiger partial charge >= 0.3 is 0 Å². The normalized spacial score (nSPS) is 16.7. The molecule has 128 valence electrons. The zero-order valence-electron chi connectivity index (χ0n) is 14.6. The predicted molar refractivity (Wildman–Crippen MR) is 104 cm³/mol. The van der Waals surface area contributed by atoms with Crippen molar-refractivity contribution in [1.82, 2.24) is 0 Å². The number of amides is 1. The first-order valence-corrected chi connectivity index (χ1v) is 9.38. The Bertz CT molecular complexity index is 989. The van der Waals surface area contributed by atoms with Crippen molar-refractivity contribution in [2.45, 2.75) is 33.1 Å². The summed E-state index contributed by atoms with van der Waals surface area (Å²) in [6.45, 7) is 6.86. The summed E-state index contributed by atoms with van der Waals surface area (Å²) in [7, 11) is 0. The number of hydrogen-bond donors (Lipinski definition) is 0. The van der Waals surface area contributed by atoms with Gasteiger partial charge in [-0.1, -0.05) is 27.6 Å². The van der Waals surface area contributed by atoms with Crippen LogP contribution in [0.2, 0.25) is 0 Å². The van der Waals surface area contributed by atoms with E-state index in [0.29, 0.717) is 13.0 Å². The predicted octanol–water partition coefficient (Wildman–Crippen LogP) is 5.50. The van der Waals surface area contributed by atoms with Crippen molar-refractivity contribution in [3.05, 3.63) is 63.3 Å². The van der Waals surface area contributed by atoms with Crippen molar-refractivity contribution in [2.75, 3.05) is 11.4 Å². The van der Waals surface area contributed by atoms with Crippen LogP contribution in [0, 0.1) is 13.8 Å². The quantitative estimate of drug-likeness (QED) is 0.583. The molecule has 1 amide bonds. The number of furan rings is 1. The van der Waals surface area contributed by atoms with Gasteiger partial charge in [-0.15, -0.1) is 0 Å². The second kappa shape index (κ2) is 6.03. The van der Waals surface area contributed by atoms with E-state index in [1.807, 2.05) is 30.0 Å². The van der Waals surface area contributed by atoms with E-state index in [2.05, 4.69) is 48.0 Å². The fraction of sp³-hybridized carbons (Fsp3) is 0.286. The van der Waals surface area contributed by atoms with Crippen LogP contribution >= 0.6 is 15.9 Å². The van der Waals surface area contributed by atoms with Crippen LogP contribution in [0.3, 0.4) is 0 Å². The highest BCUT2D eigenvalue weighted by Gasteiger charge is 2.37. The molecule has 0 N–H and O–H groups in total. The highest BCUT2D eigenvalue weighted by atomic mass is 79.9. The molecule has 2 heterocycles. The number of rotatable bonds is 3. The Morgan fingerprint density at radius 3 is 2.72 bits per heavy atom. The largest absolute Gasteiger partial charge is 0.461 e. The van der Waals surface area contributed by atoms with Gasteiger partial charge in [0.05, 0.1) is 5.92 Å². The van der Waals surface area contributed by atoms with Crippen LogP contribution in [0.15, 0.2) is 45.3 Å². The van der Waals surface area contributed by atoms with E-state index < -0.39 is 0 Å². The number of halogens is 1. The van der Waals surface area contributed by atoms with Gasteiger partial charge < -0.3 is 9.32 Å². The smallest absolute Gasteiger partial charge is 0.235 e. The lowest BCUT2D eigenvalue weighted by atomic mass is 9.94. The van der Waals surface area contributed by atoms with Gasteiger partial charge in [-0.25, -0.2) is 0 Å². The first-order valence-electron chi connectivity index (χ1n) is 8.59. The highest BCUT2D eigenvalue weighted by Crippen LogP contribution is 2.41. The first kappa shape index (κ1) is 16.4. The van der Waals surface area contributed by atoms with Crippen molar-refractivity contribution in [3.8, 4) is 0 Å². The SMILES string of the molecule is CCN1C(=O)[C@H](Cc2oc3ccc(C)cc3c2C)c2cc(Br)ccc21. The lowest BCUT2D eigenvalue weighted by Crippen LogP contribution is -2.29. The molecule has 0 fully saturated rings. The van der Waals surface area contributed by atoms with E-state index in [9.17, 15) is 4.79 Å². The second-order valence-electron chi connectivity index (χ2n) is 6.69. The third kappa shape index (κ3) is 2.60. The van der Waals surface area contributed by atoms with Crippen LogP contribution in [-0.4, -0.2) is 12.5 Å². The van der Waals surface area contributed by atoms with Gasteiger partial charge in [-0.3, -0.25) is 4.79 Å². The maximum atomic E-state index is 13.0. The van der Waals surface area contributed by atoms with Gasteiger partial charge in [0.25, 0.3) is 0 Å². The van der Waals surface area contributed by atoms with E-state index in [-0.39, 0.29) is 11.8 Å². The van der Waals surface area contributed by atoms with Crippen LogP contribution in [0.25, 0.3) is 11.0 Å². The molecule has 0 unspecified atom stereocenters. The van der Waals surface area contributed by atoms with E-state index in [4.69, 9.17) is 4.42 Å². The van der Waals surface area contributed by atoms with Gasteiger partial charge in [-0.2, -0.15) is 0 Å². The standard InChI is InChI=1S/C21H20BrNO2/c1-4-23-18-7-6-14(22)10-16(18)17(21(23)24)11-20-13(3)15-9-12(2)5-8-19(15)25-20/h5-10,17H,4,11H2,1-3H3/t17-/m1/s1. The summed E-state index contributed by atoms with van der Waals surface area (Å²) in [5.41, 5.74) is 5.34. The molecule has 0 bridgehead atoms. The fourth-order valence-corrected chi connectivity index (χ4v) is 4.16. The lowest BCUT2D eigenvalue weighted by Gasteiger charge is -2.15. The maximum Gasteiger partial charge on any atom is 0.235 e. The molecule has 0 aliphatic carbocycles. The highest BCUT2D eigenvalue weighted by molar-refractivity contribution is 9.10. The Kier molecular flexibility index (Phi) is 3.95. The summed E-state index contributed by atoms with van der Waals surface area (Å²) in [6.07, 6.45) is 0.596. The Balaban J connectivity index is 1.77. The molecule has 0 saturated carbocycles. The molecule has 3 aromatic rings. The summed E-state index contributed by atoms with van der Waals surface area (Å²) in [5, 5.41) is 1.14. The first-order chi connectivity index (χ1) is 12.0. The zero-order chi connectivity index (χ0) is 17.7. The van der Waals surface area contributed by atoms with Gasteiger partial charge in [0.15, 0.2) is 0 Å². The molecular weight excluding hydrogens is 378 g/mol. The minimum atomic E-state index is -0.187. The van der Waals surface area contributed by atoms with E-state index in [0.717, 1.165) is 38.0 Å². The zero-order valence-corrected chi connectivity index (χ0v) is 16.2. The van der Waals surface area contributed by atoms with Crippen molar-refractivity contribution in [1.29, 1.82) is 0 Å². The average Bonchev–Trinajstić information content (AvgIpc) is 3.03. The Morgan fingerprint density at radius 2 is 1.96 bits per heavy atom. The maximum absolute atomic E-state index is 13.0. The molecule has 0 saturated heterocycles. The molecule has 1 aromatic heterocycles. The van der Waals surface area contributed by atoms with Crippen molar-refractivity contribution >= 4 is 38.5 Å². The summed E-state index contributed by atoms with van der Waals surface area (Å²) in [5.74, 6) is 0.877. The molecule has 4 rings (SSSR count). The monoisotopic (exact) mass is 397 g/mol. The number of fused-ring (bicyclic) bond motifs is 2. The average molecular weight is 398 g/mol. The van der Waals surface area contributed by atoms with Crippen LogP contribution in [0.5, 0.6) is 0 Å². The summed E-state index contributed by atoms with van der Waals surface area (Å²) in [6, 6.07) is 12.3. The number of carbonyl (C=O) groups excluding carboxylic acids is 1. The van der Waals surface area contributed by atoms with Crippen molar-refractivity contribution in [3.63, 3.8) is 0 Å². The van der Waals surface area contributed by atoms with Crippen LogP contribution in [-0.2, 0) is 11.2 Å². The second-order valence-corrected chi connectivity index (χ2v) is 7.61. The summed E-state index contributed by atoms with van der Waals surface area (Å²) >= 11 is 3.54. The van der Waals surface area contributed by atoms with E-state index >= 15 is 0 Å². The number of aryl methyl sites for hydroxylation is 2. The minimum absolute atomic E-state index is 0.159. The molecular formula is C21H20BrNO2. The fourth-order valence-electron chi connectivity index (χ4n) is 3.78. The van der Waals surface area contributed by atoms with Crippen LogP contribution in [0.4, 0.5) is 5.69 Å². The Hall–Kier alpha value is -2.07. The van der Waals surface area contributed by atoms with Gasteiger partial charge in [-0.05, 0) is 62.2 Å². The summed E-state index contributed by atoms with van der Waals surface area (Å²) in [4.78, 5) is 14.8. The molecule has 1 aliphatic heterocycles. The molecule has 1 aliphatic rings. The van der Waals surface area contributed by atoms with E-state index in [1.54, 1.807) is 0 Å². The van der Waals surface area contributed by atoms with Crippen LogP contribution in [0.1, 0.15) is 35.3 Å². The van der Waals surface area contributed by atoms with Crippen molar-refractivity contribution < 1.29 is 9.21 Å². The molecule has 1 atom stereocenters. The molecule has 3 nitrogen and oxygen atoms in total. The van der Waals surface area contributed by atoms with Crippen molar-refractivity contribution in [2.24, 2.45) is 0 Å². The van der Waals surface area contributed by atoms with Gasteiger partial charge in [0.1, 0.15) is 11.3 Å². The molecule has 0 spiro atoms. The van der Waals surface area contributed by atoms with Gasteiger partial charge in [0.2, 0.25) is 5.91 Å². The number of likely N-dealkylation sites (N-methyl/N-ethyl adjacent to an activating group) is 1. The third-order valence-corrected chi connectivity index (χ3v) is 5.61. The molecule has 2 aromatic carbocycles. The number of benzene rings is 2. The van der Waals surface area contributed by atoms with Crippen LogP contribution < -0.4 is 4.90 Å². The molecule has 25 heavy (non-hydrogen) atoms. The number of nitrogens with zero attached hydrogens (tertiary/aromatic N) is 1. The Labute approximate surface area is 155 Å². The third-order valence-electron chi connectivity index (χ3n) is 5.12. The lowest BCUT2D eigenvalue weighted by molar-refractivity contribution is -0.119.